The smallest absolute Gasteiger partial charge is 0.306 e. The molecule has 0 bridgehead atoms. The molecule has 1 unspecified atom stereocenters. The summed E-state index contributed by atoms with van der Waals surface area (Å²) in [7, 11) is -3.66. The molecule has 4 N–H and O–H groups in total. The lowest BCUT2D eigenvalue weighted by atomic mass is 9.99. The fourth-order valence-corrected chi connectivity index (χ4v) is 4.75. The first-order chi connectivity index (χ1) is 15.4. The van der Waals surface area contributed by atoms with Gasteiger partial charge in [0.15, 0.2) is 0 Å². The molecule has 0 fully saturated rings. The monoisotopic (exact) mass is 457 g/mol. The summed E-state index contributed by atoms with van der Waals surface area (Å²) in [6.07, 6.45) is 5.13. The number of aromatic amines is 1. The van der Waals surface area contributed by atoms with E-state index < -0.39 is 16.3 Å². The first kappa shape index (κ1) is 22.8. The van der Waals surface area contributed by atoms with E-state index in [0.717, 1.165) is 41.5 Å². The van der Waals surface area contributed by atoms with Crippen LogP contribution < -0.4 is 14.8 Å². The van der Waals surface area contributed by atoms with Crippen LogP contribution in [0.15, 0.2) is 36.4 Å². The number of aliphatic hydroxyl groups is 1. The van der Waals surface area contributed by atoms with Crippen LogP contribution >= 0.6 is 0 Å². The third-order valence-corrected chi connectivity index (χ3v) is 6.29. The number of hydrogen-bond acceptors (Lipinski definition) is 6. The van der Waals surface area contributed by atoms with E-state index in [-0.39, 0.29) is 5.75 Å². The van der Waals surface area contributed by atoms with Crippen LogP contribution in [-0.4, -0.2) is 31.3 Å². The second-order valence-electron chi connectivity index (χ2n) is 8.42. The Labute approximate surface area is 189 Å². The Morgan fingerprint density at radius 3 is 2.78 bits per heavy atom. The summed E-state index contributed by atoms with van der Waals surface area (Å²) in [5, 5.41) is 18.1. The first-order valence-corrected chi connectivity index (χ1v) is 13.0. The number of aromatic nitrogens is 1. The number of hydrogen-bond donors (Lipinski definition) is 4. The SMILES string of the molecule is CCCCCCNCc1ccc2[nH]c(-c3ccc(OS(C)(=O)=O)c4c3C(O)NC4)cc2c1. The Kier molecular flexibility index (Phi) is 6.85. The fraction of sp³-hybridized carbons (Fsp3) is 0.417. The molecule has 7 nitrogen and oxygen atoms in total. The van der Waals surface area contributed by atoms with Gasteiger partial charge in [-0.2, -0.15) is 8.42 Å². The minimum atomic E-state index is -3.66. The molecule has 1 atom stereocenters. The molecule has 3 aromatic rings. The molecule has 0 radical (unpaired) electrons. The van der Waals surface area contributed by atoms with Crippen LogP contribution in [-0.2, 0) is 23.2 Å². The van der Waals surface area contributed by atoms with Gasteiger partial charge in [-0.3, -0.25) is 5.32 Å². The summed E-state index contributed by atoms with van der Waals surface area (Å²) in [5.74, 6) is 0.249. The Balaban J connectivity index is 1.57. The normalized spacial score (nSPS) is 15.9. The van der Waals surface area contributed by atoms with E-state index >= 15 is 0 Å². The summed E-state index contributed by atoms with van der Waals surface area (Å²) in [4.78, 5) is 3.43. The van der Waals surface area contributed by atoms with Crippen LogP contribution in [0, 0.1) is 0 Å². The van der Waals surface area contributed by atoms with Crippen molar-refractivity contribution in [3.8, 4) is 17.0 Å². The highest BCUT2D eigenvalue weighted by atomic mass is 32.2. The van der Waals surface area contributed by atoms with E-state index in [9.17, 15) is 13.5 Å². The van der Waals surface area contributed by atoms with Crippen molar-refractivity contribution >= 4 is 21.0 Å². The molecular formula is C24H31N3O4S. The van der Waals surface area contributed by atoms with E-state index in [1.807, 2.05) is 0 Å². The second kappa shape index (κ2) is 9.62. The van der Waals surface area contributed by atoms with Crippen molar-refractivity contribution in [3.05, 3.63) is 53.1 Å². The van der Waals surface area contributed by atoms with Gasteiger partial charge in [0.1, 0.15) is 12.0 Å². The van der Waals surface area contributed by atoms with Crippen molar-refractivity contribution in [2.24, 2.45) is 0 Å². The summed E-state index contributed by atoms with van der Waals surface area (Å²) in [6, 6.07) is 11.9. The summed E-state index contributed by atoms with van der Waals surface area (Å²) < 4.78 is 28.4. The molecule has 2 aromatic carbocycles. The summed E-state index contributed by atoms with van der Waals surface area (Å²) in [5.41, 5.74) is 5.23. The number of rotatable bonds is 10. The Bertz CT molecular complexity index is 1200. The van der Waals surface area contributed by atoms with Crippen molar-refractivity contribution in [1.29, 1.82) is 0 Å². The molecule has 8 heteroatoms. The number of benzene rings is 2. The zero-order valence-electron chi connectivity index (χ0n) is 18.6. The van der Waals surface area contributed by atoms with Gasteiger partial charge in [-0.05, 0) is 48.9 Å². The Morgan fingerprint density at radius 2 is 2.00 bits per heavy atom. The average molecular weight is 458 g/mol. The predicted molar refractivity (Wildman–Crippen MR) is 127 cm³/mol. The number of unbranched alkanes of at least 4 members (excludes halogenated alkanes) is 3. The zero-order valence-corrected chi connectivity index (χ0v) is 19.4. The number of fused-ring (bicyclic) bond motifs is 2. The number of H-pyrrole nitrogens is 1. The first-order valence-electron chi connectivity index (χ1n) is 11.1. The standard InChI is InChI=1S/C24H31N3O4S/c1-3-4-5-6-11-25-14-16-7-9-20-17(12-16)13-21(27-20)18-8-10-22(31-32(2,29)30)19-15-26-24(28)23(18)19/h7-10,12-13,24-28H,3-6,11,14-15H2,1-2H3. The Hall–Kier alpha value is -2.39. The van der Waals surface area contributed by atoms with Gasteiger partial charge < -0.3 is 19.6 Å². The maximum Gasteiger partial charge on any atom is 0.306 e. The van der Waals surface area contributed by atoms with Crippen LogP contribution in [0.2, 0.25) is 0 Å². The number of aliphatic hydroxyl groups excluding tert-OH is 1. The van der Waals surface area contributed by atoms with Crippen LogP contribution in [0.25, 0.3) is 22.2 Å². The molecule has 0 spiro atoms. The van der Waals surface area contributed by atoms with E-state index in [0.29, 0.717) is 17.7 Å². The third kappa shape index (κ3) is 5.15. The zero-order chi connectivity index (χ0) is 22.7. The maximum atomic E-state index is 11.6. The summed E-state index contributed by atoms with van der Waals surface area (Å²) >= 11 is 0. The summed E-state index contributed by atoms with van der Waals surface area (Å²) in [6.45, 7) is 4.41. The third-order valence-electron chi connectivity index (χ3n) is 5.81. The van der Waals surface area contributed by atoms with Gasteiger partial charge in [-0.15, -0.1) is 0 Å². The molecule has 0 saturated carbocycles. The van der Waals surface area contributed by atoms with Crippen molar-refractivity contribution in [2.75, 3.05) is 12.8 Å². The lowest BCUT2D eigenvalue weighted by molar-refractivity contribution is 0.152. The van der Waals surface area contributed by atoms with E-state index in [4.69, 9.17) is 4.18 Å². The quantitative estimate of drug-likeness (QED) is 0.272. The molecular weight excluding hydrogens is 426 g/mol. The van der Waals surface area contributed by atoms with Gasteiger partial charge >= 0.3 is 10.1 Å². The Morgan fingerprint density at radius 1 is 1.16 bits per heavy atom. The van der Waals surface area contributed by atoms with Crippen molar-refractivity contribution in [2.45, 2.75) is 51.9 Å². The molecule has 2 heterocycles. The average Bonchev–Trinajstić information content (AvgIpc) is 3.34. The molecule has 4 rings (SSSR count). The highest BCUT2D eigenvalue weighted by Crippen LogP contribution is 2.40. The maximum absolute atomic E-state index is 11.6. The molecule has 0 saturated heterocycles. The van der Waals surface area contributed by atoms with Gasteiger partial charge in [0.05, 0.1) is 6.26 Å². The lowest BCUT2D eigenvalue weighted by Gasteiger charge is -2.13. The topological polar surface area (TPSA) is 103 Å². The molecule has 32 heavy (non-hydrogen) atoms. The van der Waals surface area contributed by atoms with Crippen molar-refractivity contribution in [1.82, 2.24) is 15.6 Å². The van der Waals surface area contributed by atoms with Gasteiger partial charge in [0.25, 0.3) is 0 Å². The van der Waals surface area contributed by atoms with Gasteiger partial charge in [-0.1, -0.05) is 32.3 Å². The van der Waals surface area contributed by atoms with Crippen LogP contribution in [0.3, 0.4) is 0 Å². The molecule has 0 aliphatic carbocycles. The largest absolute Gasteiger partial charge is 0.382 e. The molecule has 1 aromatic heterocycles. The lowest BCUT2D eigenvalue weighted by Crippen LogP contribution is -2.14. The highest BCUT2D eigenvalue weighted by Gasteiger charge is 2.28. The van der Waals surface area contributed by atoms with E-state index in [1.54, 1.807) is 12.1 Å². The van der Waals surface area contributed by atoms with Gasteiger partial charge in [0.2, 0.25) is 0 Å². The molecule has 1 aliphatic rings. The van der Waals surface area contributed by atoms with E-state index in [2.05, 4.69) is 46.8 Å². The minimum Gasteiger partial charge on any atom is -0.382 e. The highest BCUT2D eigenvalue weighted by molar-refractivity contribution is 7.86. The van der Waals surface area contributed by atoms with Gasteiger partial charge in [-0.25, -0.2) is 0 Å². The fourth-order valence-electron chi connectivity index (χ4n) is 4.26. The van der Waals surface area contributed by atoms with Crippen molar-refractivity contribution in [3.63, 3.8) is 0 Å². The second-order valence-corrected chi connectivity index (χ2v) is 9.99. The molecule has 1 aliphatic heterocycles. The van der Waals surface area contributed by atoms with Crippen LogP contribution in [0.1, 0.15) is 55.5 Å². The van der Waals surface area contributed by atoms with Crippen LogP contribution in [0.4, 0.5) is 0 Å². The predicted octanol–water partition coefficient (Wildman–Crippen LogP) is 3.94. The van der Waals surface area contributed by atoms with Crippen LogP contribution in [0.5, 0.6) is 5.75 Å². The van der Waals surface area contributed by atoms with E-state index in [1.165, 1.54) is 31.2 Å². The number of nitrogens with one attached hydrogen (secondary N) is 3. The van der Waals surface area contributed by atoms with Gasteiger partial charge in [0, 0.05) is 46.4 Å². The molecule has 172 valence electrons. The van der Waals surface area contributed by atoms with Crippen molar-refractivity contribution < 1.29 is 17.7 Å². The minimum absolute atomic E-state index is 0.249. The molecule has 0 amide bonds.